The molecule has 0 heterocycles. The van der Waals surface area contributed by atoms with E-state index >= 15 is 0 Å². The molecule has 0 spiro atoms. The number of hydrogen-bond donors (Lipinski definition) is 1. The molecule has 0 rings (SSSR count). The Hall–Kier alpha value is -0.800. The largest absolute Gasteiger partial charge is 0.447 e. The molecule has 4 heteroatoms. The number of halogens is 1. The number of alkyl carbamates (subject to hydrolysis) is 1. The minimum atomic E-state index is -0.628. The summed E-state index contributed by atoms with van der Waals surface area (Å²) in [6.45, 7) is 1.48. The summed E-state index contributed by atoms with van der Waals surface area (Å²) in [5, 5.41) is 2.35. The van der Waals surface area contributed by atoms with Crippen LogP contribution in [0.2, 0.25) is 0 Å². The summed E-state index contributed by atoms with van der Waals surface area (Å²) in [5.41, 5.74) is 0. The zero-order valence-electron chi connectivity index (χ0n) is 5.32. The van der Waals surface area contributed by atoms with E-state index in [9.17, 15) is 9.18 Å². The fraction of sp³-hybridized carbons (Fsp3) is 0.800. The molecule has 0 atom stereocenters. The molecule has 0 aromatic carbocycles. The average Bonchev–Trinajstić information content (AvgIpc) is 1.85. The number of nitrogens with one attached hydrogen (secondary N) is 1. The zero-order valence-corrected chi connectivity index (χ0v) is 5.32. The molecular formula is C5H10FNO2. The van der Waals surface area contributed by atoms with Crippen LogP contribution in [0.25, 0.3) is 0 Å². The van der Waals surface area contributed by atoms with Gasteiger partial charge in [-0.1, -0.05) is 0 Å². The van der Waals surface area contributed by atoms with Crippen molar-refractivity contribution in [3.05, 3.63) is 0 Å². The molecule has 0 saturated carbocycles. The van der Waals surface area contributed by atoms with Crippen LogP contribution in [0.1, 0.15) is 6.92 Å². The highest BCUT2D eigenvalue weighted by Gasteiger charge is 1.95. The number of carbonyl (C=O) groups excluding carboxylic acids is 1. The van der Waals surface area contributed by atoms with Crippen molar-refractivity contribution in [2.45, 2.75) is 6.92 Å². The third kappa shape index (κ3) is 5.06. The van der Waals surface area contributed by atoms with E-state index in [0.717, 1.165) is 0 Å². The Morgan fingerprint density at radius 1 is 1.78 bits per heavy atom. The topological polar surface area (TPSA) is 38.3 Å². The maximum Gasteiger partial charge on any atom is 0.407 e. The van der Waals surface area contributed by atoms with E-state index in [1.807, 2.05) is 0 Å². The van der Waals surface area contributed by atoms with E-state index in [4.69, 9.17) is 0 Å². The molecule has 0 aliphatic rings. The molecule has 0 aromatic heterocycles. The molecule has 1 amide bonds. The summed E-state index contributed by atoms with van der Waals surface area (Å²) < 4.78 is 15.6. The number of rotatable bonds is 3. The van der Waals surface area contributed by atoms with Crippen molar-refractivity contribution in [1.29, 1.82) is 0 Å². The van der Waals surface area contributed by atoms with Gasteiger partial charge in [0.25, 0.3) is 0 Å². The van der Waals surface area contributed by atoms with Crippen molar-refractivity contribution >= 4 is 6.09 Å². The Morgan fingerprint density at radius 3 is 2.89 bits per heavy atom. The maximum atomic E-state index is 11.3. The summed E-state index contributed by atoms with van der Waals surface area (Å²) in [4.78, 5) is 10.3. The minimum Gasteiger partial charge on any atom is -0.447 e. The molecule has 54 valence electrons. The number of alkyl halides is 1. The van der Waals surface area contributed by atoms with Crippen LogP contribution in [0.4, 0.5) is 9.18 Å². The maximum absolute atomic E-state index is 11.3. The lowest BCUT2D eigenvalue weighted by molar-refractivity contribution is 0.138. The predicted octanol–water partition coefficient (Wildman–Crippen LogP) is 0.702. The van der Waals surface area contributed by atoms with E-state index in [0.29, 0.717) is 6.54 Å². The zero-order chi connectivity index (χ0) is 7.11. The second kappa shape index (κ2) is 5.34. The third-order valence-electron chi connectivity index (χ3n) is 0.631. The molecule has 0 saturated heterocycles. The van der Waals surface area contributed by atoms with Crippen LogP contribution >= 0.6 is 0 Å². The van der Waals surface area contributed by atoms with Crippen molar-refractivity contribution in [3.63, 3.8) is 0 Å². The van der Waals surface area contributed by atoms with Gasteiger partial charge in [0.05, 0.1) is 0 Å². The Kier molecular flexibility index (Phi) is 4.86. The Bertz CT molecular complexity index is 87.0. The van der Waals surface area contributed by atoms with Gasteiger partial charge in [0, 0.05) is 6.54 Å². The summed E-state index contributed by atoms with van der Waals surface area (Å²) in [6.07, 6.45) is -0.560. The molecule has 0 aliphatic carbocycles. The third-order valence-corrected chi connectivity index (χ3v) is 0.631. The highest BCUT2D eigenvalue weighted by atomic mass is 19.1. The lowest BCUT2D eigenvalue weighted by atomic mass is 10.7. The van der Waals surface area contributed by atoms with Gasteiger partial charge >= 0.3 is 6.09 Å². The van der Waals surface area contributed by atoms with E-state index in [1.165, 1.54) is 0 Å². The van der Waals surface area contributed by atoms with Crippen molar-refractivity contribution in [3.8, 4) is 0 Å². The number of carbonyl (C=O) groups is 1. The normalized spacial score (nSPS) is 8.67. The van der Waals surface area contributed by atoms with Gasteiger partial charge < -0.3 is 10.1 Å². The van der Waals surface area contributed by atoms with Crippen molar-refractivity contribution in [2.75, 3.05) is 19.8 Å². The van der Waals surface area contributed by atoms with Gasteiger partial charge in [-0.2, -0.15) is 0 Å². The lowest BCUT2D eigenvalue weighted by Gasteiger charge is -2.00. The van der Waals surface area contributed by atoms with Gasteiger partial charge in [-0.15, -0.1) is 0 Å². The molecule has 9 heavy (non-hydrogen) atoms. The minimum absolute atomic E-state index is 0.161. The number of hydrogen-bond acceptors (Lipinski definition) is 2. The summed E-state index contributed by atoms with van der Waals surface area (Å²) >= 11 is 0. The Morgan fingerprint density at radius 2 is 2.44 bits per heavy atom. The standard InChI is InChI=1S/C5H10FNO2/c1-2-7-5(8)9-4-3-6/h2-4H2,1H3,(H,7,8). The van der Waals surface area contributed by atoms with Crippen molar-refractivity contribution in [2.24, 2.45) is 0 Å². The molecule has 1 N–H and O–H groups in total. The van der Waals surface area contributed by atoms with Gasteiger partial charge in [-0.05, 0) is 6.92 Å². The van der Waals surface area contributed by atoms with Gasteiger partial charge in [-0.25, -0.2) is 9.18 Å². The average molecular weight is 135 g/mol. The van der Waals surface area contributed by atoms with Crippen LogP contribution in [0.5, 0.6) is 0 Å². The van der Waals surface area contributed by atoms with Gasteiger partial charge in [0.1, 0.15) is 13.3 Å². The molecule has 0 aliphatic heterocycles. The smallest absolute Gasteiger partial charge is 0.407 e. The highest BCUT2D eigenvalue weighted by Crippen LogP contribution is 1.76. The first-order valence-corrected chi connectivity index (χ1v) is 2.77. The quantitative estimate of drug-likeness (QED) is 0.618. The fourth-order valence-corrected chi connectivity index (χ4v) is 0.327. The fourth-order valence-electron chi connectivity index (χ4n) is 0.327. The molecular weight excluding hydrogens is 125 g/mol. The summed E-state index contributed by atoms with van der Waals surface area (Å²) in [5.74, 6) is 0. The van der Waals surface area contributed by atoms with Gasteiger partial charge in [-0.3, -0.25) is 0 Å². The first kappa shape index (κ1) is 8.20. The van der Waals surface area contributed by atoms with Crippen molar-refractivity contribution < 1.29 is 13.9 Å². The van der Waals surface area contributed by atoms with E-state index in [-0.39, 0.29) is 6.61 Å². The van der Waals surface area contributed by atoms with Gasteiger partial charge in [0.15, 0.2) is 0 Å². The highest BCUT2D eigenvalue weighted by molar-refractivity contribution is 5.66. The molecule has 0 bridgehead atoms. The van der Waals surface area contributed by atoms with Crippen LogP contribution in [-0.2, 0) is 4.74 Å². The molecule has 3 nitrogen and oxygen atoms in total. The molecule has 0 aromatic rings. The van der Waals surface area contributed by atoms with Crippen molar-refractivity contribution in [1.82, 2.24) is 5.32 Å². The second-order valence-electron chi connectivity index (χ2n) is 1.36. The van der Waals surface area contributed by atoms with Crippen LogP contribution in [0.15, 0.2) is 0 Å². The van der Waals surface area contributed by atoms with Gasteiger partial charge in [0.2, 0.25) is 0 Å². The molecule has 0 radical (unpaired) electrons. The van der Waals surface area contributed by atoms with E-state index in [1.54, 1.807) is 6.92 Å². The molecule has 0 fully saturated rings. The summed E-state index contributed by atoms with van der Waals surface area (Å²) in [7, 11) is 0. The van der Waals surface area contributed by atoms with E-state index in [2.05, 4.69) is 10.1 Å². The van der Waals surface area contributed by atoms with Crippen LogP contribution < -0.4 is 5.32 Å². The monoisotopic (exact) mass is 135 g/mol. The summed E-state index contributed by atoms with van der Waals surface area (Å²) in [6, 6.07) is 0. The van der Waals surface area contributed by atoms with E-state index < -0.39 is 12.8 Å². The second-order valence-corrected chi connectivity index (χ2v) is 1.36. The lowest BCUT2D eigenvalue weighted by Crippen LogP contribution is -2.24. The Balaban J connectivity index is 3.06. The SMILES string of the molecule is CCNC(=O)OCCF. The van der Waals surface area contributed by atoms with Crippen LogP contribution in [0, 0.1) is 0 Å². The number of ether oxygens (including phenoxy) is 1. The predicted molar refractivity (Wildman–Crippen MR) is 31.0 cm³/mol. The first-order chi connectivity index (χ1) is 4.31. The first-order valence-electron chi connectivity index (χ1n) is 2.77. The van der Waals surface area contributed by atoms with Crippen LogP contribution in [0.3, 0.4) is 0 Å². The number of amides is 1. The van der Waals surface area contributed by atoms with Crippen LogP contribution in [-0.4, -0.2) is 25.9 Å². The Labute approximate surface area is 53.2 Å². The molecule has 0 unspecified atom stereocenters.